The predicted octanol–water partition coefficient (Wildman–Crippen LogP) is 4.01. The van der Waals surface area contributed by atoms with Gasteiger partial charge >= 0.3 is 0 Å². The average molecular weight is 490 g/mol. The minimum absolute atomic E-state index is 0.0943. The summed E-state index contributed by atoms with van der Waals surface area (Å²) in [4.78, 5) is 45.7. The zero-order valence-corrected chi connectivity index (χ0v) is 20.6. The summed E-state index contributed by atoms with van der Waals surface area (Å²) >= 11 is 0. The molecule has 1 unspecified atom stereocenters. The van der Waals surface area contributed by atoms with E-state index in [2.05, 4.69) is 15.5 Å². The molecule has 1 aliphatic rings. The molecule has 0 aliphatic heterocycles. The lowest BCUT2D eigenvalue weighted by atomic mass is 9.74. The van der Waals surface area contributed by atoms with Crippen molar-refractivity contribution in [2.45, 2.75) is 57.9 Å². The molecule has 1 saturated carbocycles. The fourth-order valence-electron chi connectivity index (χ4n) is 5.22. The van der Waals surface area contributed by atoms with Crippen LogP contribution in [-0.4, -0.2) is 27.9 Å². The zero-order valence-electron chi connectivity index (χ0n) is 20.6. The highest BCUT2D eigenvalue weighted by Gasteiger charge is 2.53. The first-order chi connectivity index (χ1) is 17.3. The third kappa shape index (κ3) is 5.00. The van der Waals surface area contributed by atoms with Crippen molar-refractivity contribution in [1.29, 1.82) is 0 Å². The molecule has 3 amide bonds. The maximum absolute atomic E-state index is 14.0. The third-order valence-electron chi connectivity index (χ3n) is 6.77. The Bertz CT molecular complexity index is 1240. The lowest BCUT2D eigenvalue weighted by Crippen LogP contribution is -2.61. The van der Waals surface area contributed by atoms with Crippen LogP contribution >= 0.6 is 0 Å². The van der Waals surface area contributed by atoms with Gasteiger partial charge in [-0.15, -0.1) is 0 Å². The summed E-state index contributed by atoms with van der Waals surface area (Å²) in [5.41, 5.74) is 6.91. The summed E-state index contributed by atoms with van der Waals surface area (Å²) in [6.45, 7) is 3.64. The summed E-state index contributed by atoms with van der Waals surface area (Å²) in [5.74, 6) is -0.668. The van der Waals surface area contributed by atoms with Gasteiger partial charge in [0.1, 0.15) is 5.76 Å². The van der Waals surface area contributed by atoms with Crippen molar-refractivity contribution in [3.05, 3.63) is 71.7 Å². The van der Waals surface area contributed by atoms with Gasteiger partial charge in [0, 0.05) is 37.0 Å². The van der Waals surface area contributed by atoms with Crippen molar-refractivity contribution in [2.24, 2.45) is 11.7 Å². The SMILES string of the molecule is Cc1cccc(N(C(=O)CCC(=O)Nc2cc(C)on2)C(C(N)=O)(c2ccncc2)C2CCCC2)c1. The van der Waals surface area contributed by atoms with E-state index in [0.29, 0.717) is 17.0 Å². The van der Waals surface area contributed by atoms with Gasteiger partial charge in [-0.25, -0.2) is 0 Å². The van der Waals surface area contributed by atoms with E-state index in [0.717, 1.165) is 31.2 Å². The van der Waals surface area contributed by atoms with E-state index < -0.39 is 11.4 Å². The van der Waals surface area contributed by atoms with Gasteiger partial charge < -0.3 is 15.6 Å². The normalized spacial score (nSPS) is 15.3. The number of amides is 3. The summed E-state index contributed by atoms with van der Waals surface area (Å²) in [6.07, 6.45) is 6.40. The molecule has 36 heavy (non-hydrogen) atoms. The van der Waals surface area contributed by atoms with E-state index in [1.165, 1.54) is 4.90 Å². The maximum atomic E-state index is 14.0. The second-order valence-electron chi connectivity index (χ2n) is 9.29. The molecule has 1 fully saturated rings. The Morgan fingerprint density at radius 2 is 1.81 bits per heavy atom. The number of carbonyl (C=O) groups excluding carboxylic acids is 3. The van der Waals surface area contributed by atoms with Crippen LogP contribution in [0, 0.1) is 19.8 Å². The first-order valence-electron chi connectivity index (χ1n) is 12.2. The first-order valence-corrected chi connectivity index (χ1v) is 12.2. The van der Waals surface area contributed by atoms with Crippen LogP contribution in [-0.2, 0) is 19.9 Å². The van der Waals surface area contributed by atoms with E-state index in [4.69, 9.17) is 10.3 Å². The topological polar surface area (TPSA) is 131 Å². The number of nitrogens with two attached hydrogens (primary N) is 1. The number of pyridine rings is 1. The van der Waals surface area contributed by atoms with Crippen molar-refractivity contribution in [3.8, 4) is 0 Å². The van der Waals surface area contributed by atoms with E-state index in [-0.39, 0.29) is 36.4 Å². The largest absolute Gasteiger partial charge is 0.367 e. The van der Waals surface area contributed by atoms with Gasteiger partial charge in [0.05, 0.1) is 0 Å². The number of rotatable bonds is 9. The highest BCUT2D eigenvalue weighted by atomic mass is 16.5. The van der Waals surface area contributed by atoms with E-state index in [9.17, 15) is 14.4 Å². The molecular formula is C27H31N5O4. The molecule has 3 aromatic rings. The summed E-state index contributed by atoms with van der Waals surface area (Å²) < 4.78 is 4.98. The monoisotopic (exact) mass is 489 g/mol. The minimum Gasteiger partial charge on any atom is -0.367 e. The molecule has 1 atom stereocenters. The second-order valence-corrected chi connectivity index (χ2v) is 9.29. The Labute approximate surface area is 210 Å². The Morgan fingerprint density at radius 3 is 2.42 bits per heavy atom. The summed E-state index contributed by atoms with van der Waals surface area (Å²) in [6, 6.07) is 12.5. The highest BCUT2D eigenvalue weighted by Crippen LogP contribution is 2.47. The van der Waals surface area contributed by atoms with Gasteiger partial charge in [-0.1, -0.05) is 30.1 Å². The average Bonchev–Trinajstić information content (AvgIpc) is 3.53. The standard InChI is InChI=1S/C27H31N5O4/c1-18-6-5-9-22(16-18)32(25(34)11-10-24(33)30-23-17-19(2)36-31-23)27(26(28)35,20-7-3-4-8-20)21-12-14-29-15-13-21/h5-6,9,12-17,20H,3-4,7-8,10-11H2,1-2H3,(H2,28,35)(H,30,31,33). The van der Waals surface area contributed by atoms with Crippen molar-refractivity contribution >= 4 is 29.2 Å². The molecule has 0 radical (unpaired) electrons. The molecule has 2 heterocycles. The minimum atomic E-state index is -1.41. The van der Waals surface area contributed by atoms with Crippen LogP contribution in [0.25, 0.3) is 0 Å². The van der Waals surface area contributed by atoms with Crippen LogP contribution in [0.15, 0.2) is 59.4 Å². The molecule has 3 N–H and O–H groups in total. The molecule has 0 saturated heterocycles. The van der Waals surface area contributed by atoms with E-state index in [1.807, 2.05) is 25.1 Å². The van der Waals surface area contributed by atoms with Crippen molar-refractivity contribution in [3.63, 3.8) is 0 Å². The van der Waals surface area contributed by atoms with E-state index in [1.54, 1.807) is 43.6 Å². The number of nitrogens with one attached hydrogen (secondary N) is 1. The molecule has 1 aliphatic carbocycles. The number of hydrogen-bond donors (Lipinski definition) is 2. The Hall–Kier alpha value is -4.01. The smallest absolute Gasteiger partial charge is 0.248 e. The molecule has 0 spiro atoms. The van der Waals surface area contributed by atoms with Gasteiger partial charge in [0.15, 0.2) is 11.4 Å². The molecule has 2 aromatic heterocycles. The number of hydrogen-bond acceptors (Lipinski definition) is 6. The molecule has 9 nitrogen and oxygen atoms in total. The molecule has 9 heteroatoms. The highest BCUT2D eigenvalue weighted by molar-refractivity contribution is 6.05. The number of nitrogens with zero attached hydrogens (tertiary/aromatic N) is 3. The van der Waals surface area contributed by atoms with Gasteiger partial charge in [-0.2, -0.15) is 0 Å². The van der Waals surface area contributed by atoms with Gasteiger partial charge in [-0.05, 0) is 68.0 Å². The first kappa shape index (κ1) is 25.1. The van der Waals surface area contributed by atoms with Crippen LogP contribution in [0.5, 0.6) is 0 Å². The molecule has 4 rings (SSSR count). The lowest BCUT2D eigenvalue weighted by molar-refractivity contribution is -0.131. The second kappa shape index (κ2) is 10.7. The number of aryl methyl sites for hydroxylation is 2. The Kier molecular flexibility index (Phi) is 7.47. The summed E-state index contributed by atoms with van der Waals surface area (Å²) in [7, 11) is 0. The van der Waals surface area contributed by atoms with E-state index >= 15 is 0 Å². The predicted molar refractivity (Wildman–Crippen MR) is 135 cm³/mol. The third-order valence-corrected chi connectivity index (χ3v) is 6.77. The van der Waals surface area contributed by atoms with Crippen LogP contribution < -0.4 is 16.0 Å². The maximum Gasteiger partial charge on any atom is 0.248 e. The number of aromatic nitrogens is 2. The Morgan fingerprint density at radius 1 is 1.08 bits per heavy atom. The number of primary amides is 1. The van der Waals surface area contributed by atoms with Gasteiger partial charge in [0.25, 0.3) is 0 Å². The van der Waals surface area contributed by atoms with Crippen molar-refractivity contribution in [1.82, 2.24) is 10.1 Å². The number of anilines is 2. The quantitative estimate of drug-likeness (QED) is 0.467. The van der Waals surface area contributed by atoms with Gasteiger partial charge in [-0.3, -0.25) is 24.3 Å². The summed E-state index contributed by atoms with van der Waals surface area (Å²) in [5, 5.41) is 6.40. The van der Waals surface area contributed by atoms with Crippen molar-refractivity contribution in [2.75, 3.05) is 10.2 Å². The number of benzene rings is 1. The number of carbonyl (C=O) groups is 3. The fourth-order valence-corrected chi connectivity index (χ4v) is 5.22. The van der Waals surface area contributed by atoms with Crippen LogP contribution in [0.1, 0.15) is 55.4 Å². The zero-order chi connectivity index (χ0) is 25.7. The lowest BCUT2D eigenvalue weighted by Gasteiger charge is -2.46. The molecule has 188 valence electrons. The van der Waals surface area contributed by atoms with Crippen LogP contribution in [0.3, 0.4) is 0 Å². The Balaban J connectivity index is 1.74. The van der Waals surface area contributed by atoms with Crippen LogP contribution in [0.2, 0.25) is 0 Å². The van der Waals surface area contributed by atoms with Gasteiger partial charge in [0.2, 0.25) is 17.7 Å². The van der Waals surface area contributed by atoms with Crippen molar-refractivity contribution < 1.29 is 18.9 Å². The van der Waals surface area contributed by atoms with Crippen LogP contribution in [0.4, 0.5) is 11.5 Å². The molecular weight excluding hydrogens is 458 g/mol. The molecule has 0 bridgehead atoms. The molecule has 1 aromatic carbocycles. The fraction of sp³-hybridized carbons (Fsp3) is 0.370.